The summed E-state index contributed by atoms with van der Waals surface area (Å²) in [5.41, 5.74) is 3.89. The summed E-state index contributed by atoms with van der Waals surface area (Å²) < 4.78 is 6.97. The number of amides is 1. The maximum Gasteiger partial charge on any atom is 0.259 e. The topological polar surface area (TPSA) is 56.1 Å². The molecule has 0 aliphatic carbocycles. The SMILES string of the molecule is COc1ccc(C)cc1NC(=O)c1c(C)nn(C)c1C. The largest absolute Gasteiger partial charge is 0.495 e. The van der Waals surface area contributed by atoms with Crippen molar-refractivity contribution in [3.63, 3.8) is 0 Å². The second-order valence-corrected chi connectivity index (χ2v) is 4.83. The standard InChI is InChI=1S/C15H19N3O2/c1-9-6-7-13(20-5)12(8-9)16-15(19)14-10(2)17-18(4)11(14)3/h6-8H,1-5H3,(H,16,19). The molecule has 0 aliphatic heterocycles. The molecular weight excluding hydrogens is 254 g/mol. The fourth-order valence-electron chi connectivity index (χ4n) is 2.21. The third kappa shape index (κ3) is 2.52. The number of nitrogens with one attached hydrogen (secondary N) is 1. The van der Waals surface area contributed by atoms with Gasteiger partial charge in [0.15, 0.2) is 0 Å². The van der Waals surface area contributed by atoms with Crippen molar-refractivity contribution in [1.29, 1.82) is 0 Å². The first-order valence-electron chi connectivity index (χ1n) is 6.40. The van der Waals surface area contributed by atoms with E-state index in [1.807, 2.05) is 46.0 Å². The second-order valence-electron chi connectivity index (χ2n) is 4.83. The molecule has 2 rings (SSSR count). The Morgan fingerprint density at radius 3 is 2.55 bits per heavy atom. The van der Waals surface area contributed by atoms with Crippen LogP contribution in [0, 0.1) is 20.8 Å². The summed E-state index contributed by atoms with van der Waals surface area (Å²) in [6, 6.07) is 5.67. The fourth-order valence-corrected chi connectivity index (χ4v) is 2.21. The number of nitrogens with zero attached hydrogens (tertiary/aromatic N) is 2. The molecule has 0 unspecified atom stereocenters. The Kier molecular flexibility index (Phi) is 3.79. The first kappa shape index (κ1) is 14.1. The van der Waals surface area contributed by atoms with Gasteiger partial charge in [-0.15, -0.1) is 0 Å². The van der Waals surface area contributed by atoms with Crippen LogP contribution in [0.3, 0.4) is 0 Å². The van der Waals surface area contributed by atoms with E-state index in [4.69, 9.17) is 4.74 Å². The summed E-state index contributed by atoms with van der Waals surface area (Å²) in [6.45, 7) is 5.67. The average molecular weight is 273 g/mol. The summed E-state index contributed by atoms with van der Waals surface area (Å²) in [6.07, 6.45) is 0. The van der Waals surface area contributed by atoms with Crippen molar-refractivity contribution in [2.75, 3.05) is 12.4 Å². The van der Waals surface area contributed by atoms with E-state index in [1.54, 1.807) is 11.8 Å². The smallest absolute Gasteiger partial charge is 0.259 e. The Morgan fingerprint density at radius 1 is 1.30 bits per heavy atom. The van der Waals surface area contributed by atoms with Crippen LogP contribution in [-0.2, 0) is 7.05 Å². The van der Waals surface area contributed by atoms with E-state index in [-0.39, 0.29) is 5.91 Å². The Bertz CT molecular complexity index is 659. The van der Waals surface area contributed by atoms with Crippen LogP contribution in [0.25, 0.3) is 0 Å². The highest BCUT2D eigenvalue weighted by Crippen LogP contribution is 2.26. The molecule has 0 spiro atoms. The minimum atomic E-state index is -0.169. The molecule has 1 heterocycles. The lowest BCUT2D eigenvalue weighted by atomic mass is 10.1. The van der Waals surface area contributed by atoms with Gasteiger partial charge in [-0.05, 0) is 38.5 Å². The molecule has 0 saturated carbocycles. The molecule has 20 heavy (non-hydrogen) atoms. The second kappa shape index (κ2) is 5.36. The van der Waals surface area contributed by atoms with Crippen LogP contribution in [0.2, 0.25) is 0 Å². The van der Waals surface area contributed by atoms with Crippen molar-refractivity contribution in [2.24, 2.45) is 7.05 Å². The molecule has 0 atom stereocenters. The Balaban J connectivity index is 2.35. The maximum atomic E-state index is 12.4. The molecule has 1 N–H and O–H groups in total. The number of methoxy groups -OCH3 is 1. The predicted octanol–water partition coefficient (Wildman–Crippen LogP) is 2.61. The molecule has 0 bridgehead atoms. The Morgan fingerprint density at radius 2 is 2.00 bits per heavy atom. The highest BCUT2D eigenvalue weighted by molar-refractivity contribution is 6.06. The van der Waals surface area contributed by atoms with Crippen LogP contribution in [0.1, 0.15) is 27.3 Å². The van der Waals surface area contributed by atoms with Gasteiger partial charge >= 0.3 is 0 Å². The number of anilines is 1. The first-order chi connectivity index (χ1) is 9.43. The molecule has 0 radical (unpaired) electrons. The minimum Gasteiger partial charge on any atom is -0.495 e. The third-order valence-corrected chi connectivity index (χ3v) is 3.34. The van der Waals surface area contributed by atoms with E-state index in [2.05, 4.69) is 10.4 Å². The number of aryl methyl sites for hydroxylation is 3. The van der Waals surface area contributed by atoms with E-state index < -0.39 is 0 Å². The number of ether oxygens (including phenoxy) is 1. The predicted molar refractivity (Wildman–Crippen MR) is 78.4 cm³/mol. The van der Waals surface area contributed by atoms with Gasteiger partial charge in [-0.3, -0.25) is 9.48 Å². The van der Waals surface area contributed by atoms with Gasteiger partial charge in [0.1, 0.15) is 5.75 Å². The van der Waals surface area contributed by atoms with Gasteiger partial charge in [0.05, 0.1) is 24.1 Å². The van der Waals surface area contributed by atoms with Crippen molar-refractivity contribution < 1.29 is 9.53 Å². The lowest BCUT2D eigenvalue weighted by molar-refractivity contribution is 0.102. The Labute approximate surface area is 118 Å². The molecule has 0 aliphatic rings. The zero-order valence-corrected chi connectivity index (χ0v) is 12.4. The van der Waals surface area contributed by atoms with E-state index in [1.165, 1.54) is 0 Å². The maximum absolute atomic E-state index is 12.4. The van der Waals surface area contributed by atoms with Crippen LogP contribution >= 0.6 is 0 Å². The Hall–Kier alpha value is -2.30. The number of carbonyl (C=O) groups is 1. The van der Waals surface area contributed by atoms with Crippen molar-refractivity contribution in [3.8, 4) is 5.75 Å². The lowest BCUT2D eigenvalue weighted by Crippen LogP contribution is -2.14. The summed E-state index contributed by atoms with van der Waals surface area (Å²) in [5.74, 6) is 0.472. The van der Waals surface area contributed by atoms with Gasteiger partial charge in [0, 0.05) is 12.7 Å². The molecule has 0 fully saturated rings. The molecule has 5 nitrogen and oxygen atoms in total. The highest BCUT2D eigenvalue weighted by atomic mass is 16.5. The van der Waals surface area contributed by atoms with E-state index in [0.717, 1.165) is 11.3 Å². The number of benzene rings is 1. The van der Waals surface area contributed by atoms with Gasteiger partial charge in [-0.2, -0.15) is 5.10 Å². The fraction of sp³-hybridized carbons (Fsp3) is 0.333. The summed E-state index contributed by atoms with van der Waals surface area (Å²) in [7, 11) is 3.41. The van der Waals surface area contributed by atoms with Crippen LogP contribution in [0.15, 0.2) is 18.2 Å². The molecule has 0 saturated heterocycles. The molecular formula is C15H19N3O2. The third-order valence-electron chi connectivity index (χ3n) is 3.34. The number of carbonyl (C=O) groups excluding carboxylic acids is 1. The summed E-state index contributed by atoms with van der Waals surface area (Å²) in [4.78, 5) is 12.4. The van der Waals surface area contributed by atoms with Gasteiger partial charge < -0.3 is 10.1 Å². The lowest BCUT2D eigenvalue weighted by Gasteiger charge is -2.11. The van der Waals surface area contributed by atoms with Crippen molar-refractivity contribution in [2.45, 2.75) is 20.8 Å². The van der Waals surface area contributed by atoms with Gasteiger partial charge in [0.2, 0.25) is 0 Å². The van der Waals surface area contributed by atoms with Crippen molar-refractivity contribution in [3.05, 3.63) is 40.7 Å². The van der Waals surface area contributed by atoms with Crippen LogP contribution in [-0.4, -0.2) is 22.8 Å². The highest BCUT2D eigenvalue weighted by Gasteiger charge is 2.18. The normalized spacial score (nSPS) is 10.4. The number of aromatic nitrogens is 2. The van der Waals surface area contributed by atoms with Gasteiger partial charge in [-0.25, -0.2) is 0 Å². The molecule has 1 aromatic heterocycles. The van der Waals surface area contributed by atoms with Crippen molar-refractivity contribution >= 4 is 11.6 Å². The monoisotopic (exact) mass is 273 g/mol. The quantitative estimate of drug-likeness (QED) is 0.935. The molecule has 1 amide bonds. The number of hydrogen-bond donors (Lipinski definition) is 1. The van der Waals surface area contributed by atoms with E-state index >= 15 is 0 Å². The average Bonchev–Trinajstić information content (AvgIpc) is 2.63. The van der Waals surface area contributed by atoms with Crippen LogP contribution in [0.5, 0.6) is 5.75 Å². The molecule has 5 heteroatoms. The minimum absolute atomic E-state index is 0.169. The summed E-state index contributed by atoms with van der Waals surface area (Å²) in [5, 5.41) is 7.15. The van der Waals surface area contributed by atoms with Crippen LogP contribution in [0.4, 0.5) is 5.69 Å². The molecule has 1 aromatic carbocycles. The van der Waals surface area contributed by atoms with Crippen molar-refractivity contribution in [1.82, 2.24) is 9.78 Å². The van der Waals surface area contributed by atoms with Gasteiger partial charge in [-0.1, -0.05) is 6.07 Å². The number of rotatable bonds is 3. The molecule has 106 valence electrons. The van der Waals surface area contributed by atoms with Gasteiger partial charge in [0.25, 0.3) is 5.91 Å². The van der Waals surface area contributed by atoms with E-state index in [9.17, 15) is 4.79 Å². The number of hydrogen-bond acceptors (Lipinski definition) is 3. The first-order valence-corrected chi connectivity index (χ1v) is 6.40. The zero-order chi connectivity index (χ0) is 14.9. The summed E-state index contributed by atoms with van der Waals surface area (Å²) >= 11 is 0. The van der Waals surface area contributed by atoms with Crippen LogP contribution < -0.4 is 10.1 Å². The van der Waals surface area contributed by atoms with E-state index in [0.29, 0.717) is 22.7 Å². The molecule has 2 aromatic rings. The zero-order valence-electron chi connectivity index (χ0n) is 12.4.